The third-order valence-corrected chi connectivity index (χ3v) is 5.41. The van der Waals surface area contributed by atoms with Gasteiger partial charge < -0.3 is 20.4 Å². The van der Waals surface area contributed by atoms with E-state index in [4.69, 9.17) is 0 Å². The van der Waals surface area contributed by atoms with Crippen molar-refractivity contribution in [1.82, 2.24) is 10.2 Å². The molecule has 2 heterocycles. The Labute approximate surface area is 154 Å². The first-order valence-electron chi connectivity index (χ1n) is 9.48. The van der Waals surface area contributed by atoms with E-state index in [-0.39, 0.29) is 18.0 Å². The van der Waals surface area contributed by atoms with Crippen molar-refractivity contribution >= 4 is 23.1 Å². The lowest BCUT2D eigenvalue weighted by atomic mass is 10.1. The summed E-state index contributed by atoms with van der Waals surface area (Å²) in [4.78, 5) is 28.1. The number of allylic oxidation sites excluding steroid dienone is 2. The van der Waals surface area contributed by atoms with Gasteiger partial charge in [0.2, 0.25) is 5.91 Å². The van der Waals surface area contributed by atoms with Crippen molar-refractivity contribution in [3.05, 3.63) is 35.7 Å². The van der Waals surface area contributed by atoms with Gasteiger partial charge in [-0.1, -0.05) is 0 Å². The zero-order valence-electron chi connectivity index (χ0n) is 15.4. The number of anilines is 2. The predicted octanol–water partition coefficient (Wildman–Crippen LogP) is 2.79. The second-order valence-corrected chi connectivity index (χ2v) is 7.40. The zero-order valence-corrected chi connectivity index (χ0v) is 15.4. The molecule has 1 saturated heterocycles. The Morgan fingerprint density at radius 3 is 2.54 bits per heavy atom. The molecule has 1 amide bonds. The third-order valence-electron chi connectivity index (χ3n) is 5.41. The van der Waals surface area contributed by atoms with E-state index in [2.05, 4.69) is 15.5 Å². The minimum atomic E-state index is -0.108. The van der Waals surface area contributed by atoms with Crippen LogP contribution in [0.3, 0.4) is 0 Å². The van der Waals surface area contributed by atoms with Crippen LogP contribution in [-0.4, -0.2) is 35.5 Å². The predicted molar refractivity (Wildman–Crippen MR) is 101 cm³/mol. The maximum Gasteiger partial charge on any atom is 0.226 e. The molecule has 4 rings (SSSR count). The second kappa shape index (κ2) is 6.67. The fourth-order valence-corrected chi connectivity index (χ4v) is 3.91. The summed E-state index contributed by atoms with van der Waals surface area (Å²) in [6, 6.07) is 8.50. The number of piperidine rings is 1. The quantitative estimate of drug-likeness (QED) is 0.851. The van der Waals surface area contributed by atoms with Gasteiger partial charge in [0.05, 0.1) is 5.70 Å². The summed E-state index contributed by atoms with van der Waals surface area (Å²) in [5.41, 5.74) is 3.65. The van der Waals surface area contributed by atoms with Crippen LogP contribution in [0.5, 0.6) is 0 Å². The Kier molecular flexibility index (Phi) is 4.34. The Hall–Kier alpha value is -2.50. The summed E-state index contributed by atoms with van der Waals surface area (Å²) in [6.07, 6.45) is 4.92. The standard InChI is InChI=1S/C20H26N4O2/c1-13-19(14(2)25)22-20(24(13)17-10-11-17)21-15-6-8-16(9-7-15)23-12-4-3-5-18(23)26/h6-9,17,20-22H,3-5,10-12H2,1-2H3. The zero-order chi connectivity index (χ0) is 18.3. The second-order valence-electron chi connectivity index (χ2n) is 7.40. The van der Waals surface area contributed by atoms with Crippen LogP contribution in [0, 0.1) is 0 Å². The van der Waals surface area contributed by atoms with Gasteiger partial charge in [0.1, 0.15) is 0 Å². The summed E-state index contributed by atoms with van der Waals surface area (Å²) in [5.74, 6) is 0.275. The molecule has 2 fully saturated rings. The fraction of sp³-hybridized carbons (Fsp3) is 0.500. The number of ketones is 1. The van der Waals surface area contributed by atoms with Crippen LogP contribution in [0.1, 0.15) is 46.0 Å². The summed E-state index contributed by atoms with van der Waals surface area (Å²) in [7, 11) is 0. The first kappa shape index (κ1) is 16.9. The largest absolute Gasteiger partial charge is 0.348 e. The highest BCUT2D eigenvalue weighted by Gasteiger charge is 2.40. The van der Waals surface area contributed by atoms with E-state index in [0.29, 0.717) is 18.2 Å². The van der Waals surface area contributed by atoms with Gasteiger partial charge in [-0.2, -0.15) is 0 Å². The Morgan fingerprint density at radius 2 is 1.92 bits per heavy atom. The van der Waals surface area contributed by atoms with E-state index in [9.17, 15) is 9.59 Å². The van der Waals surface area contributed by atoms with Crippen LogP contribution >= 0.6 is 0 Å². The van der Waals surface area contributed by atoms with E-state index in [1.54, 1.807) is 6.92 Å². The molecule has 2 aliphatic heterocycles. The number of Topliss-reactive ketones (excluding diaryl/α,β-unsaturated/α-hetero) is 1. The molecule has 0 aromatic heterocycles. The molecule has 1 aromatic carbocycles. The first-order chi connectivity index (χ1) is 12.5. The molecule has 1 aliphatic carbocycles. The van der Waals surface area contributed by atoms with Crippen molar-refractivity contribution in [2.45, 2.75) is 58.3 Å². The number of carbonyl (C=O) groups excluding carboxylic acids is 2. The van der Waals surface area contributed by atoms with Crippen LogP contribution in [-0.2, 0) is 9.59 Å². The summed E-state index contributed by atoms with van der Waals surface area (Å²) < 4.78 is 0. The molecule has 138 valence electrons. The number of nitrogens with one attached hydrogen (secondary N) is 2. The van der Waals surface area contributed by atoms with Crippen molar-refractivity contribution in [2.75, 3.05) is 16.8 Å². The lowest BCUT2D eigenvalue weighted by molar-refractivity contribution is -0.119. The molecule has 26 heavy (non-hydrogen) atoms. The molecule has 1 saturated carbocycles. The average molecular weight is 354 g/mol. The molecule has 6 nitrogen and oxygen atoms in total. The Bertz CT molecular complexity index is 752. The summed E-state index contributed by atoms with van der Waals surface area (Å²) in [5, 5.41) is 6.81. The number of hydrogen-bond acceptors (Lipinski definition) is 5. The molecule has 0 radical (unpaired) electrons. The van der Waals surface area contributed by atoms with Gasteiger partial charge in [0.25, 0.3) is 0 Å². The van der Waals surface area contributed by atoms with E-state index in [0.717, 1.165) is 36.5 Å². The van der Waals surface area contributed by atoms with Gasteiger partial charge in [-0.05, 0) is 56.9 Å². The smallest absolute Gasteiger partial charge is 0.226 e. The van der Waals surface area contributed by atoms with E-state index < -0.39 is 0 Å². The van der Waals surface area contributed by atoms with Crippen LogP contribution < -0.4 is 15.5 Å². The summed E-state index contributed by atoms with van der Waals surface area (Å²) in [6.45, 7) is 4.41. The van der Waals surface area contributed by atoms with Gasteiger partial charge in [0, 0.05) is 43.0 Å². The van der Waals surface area contributed by atoms with Gasteiger partial charge in [-0.15, -0.1) is 0 Å². The number of rotatable bonds is 5. The molecular formula is C20H26N4O2. The third kappa shape index (κ3) is 3.16. The Balaban J connectivity index is 1.47. The maximum atomic E-state index is 12.1. The minimum Gasteiger partial charge on any atom is -0.348 e. The minimum absolute atomic E-state index is 0.0661. The highest BCUT2D eigenvalue weighted by atomic mass is 16.2. The number of nitrogens with zero attached hydrogens (tertiary/aromatic N) is 2. The van der Waals surface area contributed by atoms with Crippen LogP contribution in [0.25, 0.3) is 0 Å². The monoisotopic (exact) mass is 354 g/mol. The van der Waals surface area contributed by atoms with E-state index in [1.807, 2.05) is 36.1 Å². The number of amides is 1. The van der Waals surface area contributed by atoms with Gasteiger partial charge in [-0.3, -0.25) is 9.59 Å². The molecule has 3 aliphatic rings. The van der Waals surface area contributed by atoms with Gasteiger partial charge in [0.15, 0.2) is 12.1 Å². The first-order valence-corrected chi connectivity index (χ1v) is 9.48. The van der Waals surface area contributed by atoms with Crippen molar-refractivity contribution in [1.29, 1.82) is 0 Å². The van der Waals surface area contributed by atoms with Crippen molar-refractivity contribution in [3.63, 3.8) is 0 Å². The topological polar surface area (TPSA) is 64.7 Å². The normalized spacial score (nSPS) is 23.3. The van der Waals surface area contributed by atoms with E-state index >= 15 is 0 Å². The molecule has 1 unspecified atom stereocenters. The van der Waals surface area contributed by atoms with Crippen LogP contribution in [0.15, 0.2) is 35.7 Å². The van der Waals surface area contributed by atoms with Gasteiger partial charge in [-0.25, -0.2) is 0 Å². The summed E-state index contributed by atoms with van der Waals surface area (Å²) >= 11 is 0. The molecule has 6 heteroatoms. The lowest BCUT2D eigenvalue weighted by Gasteiger charge is -2.30. The van der Waals surface area contributed by atoms with Crippen molar-refractivity contribution in [2.24, 2.45) is 0 Å². The fourth-order valence-electron chi connectivity index (χ4n) is 3.91. The van der Waals surface area contributed by atoms with Crippen molar-refractivity contribution < 1.29 is 9.59 Å². The SMILES string of the molecule is CC(=O)C1=C(C)N(C2CC2)C(Nc2ccc(N3CCCCC3=O)cc2)N1. The average Bonchev–Trinajstić information content (AvgIpc) is 3.40. The molecule has 0 bridgehead atoms. The van der Waals surface area contributed by atoms with Crippen molar-refractivity contribution in [3.8, 4) is 0 Å². The molecular weight excluding hydrogens is 328 g/mol. The number of benzene rings is 1. The number of carbonyl (C=O) groups is 2. The van der Waals surface area contributed by atoms with E-state index in [1.165, 1.54) is 12.8 Å². The van der Waals surface area contributed by atoms with Gasteiger partial charge >= 0.3 is 0 Å². The molecule has 0 spiro atoms. The Morgan fingerprint density at radius 1 is 1.19 bits per heavy atom. The highest BCUT2D eigenvalue weighted by molar-refractivity contribution is 5.94. The molecule has 2 N–H and O–H groups in total. The molecule has 1 aromatic rings. The number of hydrogen-bond donors (Lipinski definition) is 2. The van der Waals surface area contributed by atoms with Crippen LogP contribution in [0.4, 0.5) is 11.4 Å². The van der Waals surface area contributed by atoms with Crippen LogP contribution in [0.2, 0.25) is 0 Å². The maximum absolute atomic E-state index is 12.1. The highest BCUT2D eigenvalue weighted by Crippen LogP contribution is 2.35. The lowest BCUT2D eigenvalue weighted by Crippen LogP contribution is -2.45. The molecule has 1 atom stereocenters.